The zero-order valence-electron chi connectivity index (χ0n) is 15.9. The summed E-state index contributed by atoms with van der Waals surface area (Å²) in [6.45, 7) is 0.898. The second kappa shape index (κ2) is 7.11. The van der Waals surface area contributed by atoms with E-state index in [9.17, 15) is 14.9 Å². The molecule has 0 bridgehead atoms. The lowest BCUT2D eigenvalue weighted by molar-refractivity contribution is -0.385. The van der Waals surface area contributed by atoms with Crippen LogP contribution in [0.15, 0.2) is 71.5 Å². The summed E-state index contributed by atoms with van der Waals surface area (Å²) in [5.41, 5.74) is 4.66. The first-order valence-electron chi connectivity index (χ1n) is 9.58. The van der Waals surface area contributed by atoms with Crippen LogP contribution in [0.3, 0.4) is 0 Å². The number of carbonyl (C=O) groups is 1. The first-order valence-corrected chi connectivity index (χ1v) is 9.58. The maximum atomic E-state index is 13.5. The van der Waals surface area contributed by atoms with Crippen molar-refractivity contribution in [1.82, 2.24) is 9.88 Å². The van der Waals surface area contributed by atoms with Crippen molar-refractivity contribution in [3.05, 3.63) is 93.9 Å². The lowest BCUT2D eigenvalue weighted by Crippen LogP contribution is -2.36. The van der Waals surface area contributed by atoms with Gasteiger partial charge in [0.15, 0.2) is 0 Å². The Balaban J connectivity index is 1.55. The van der Waals surface area contributed by atoms with Gasteiger partial charge >= 0.3 is 0 Å². The Bertz CT molecular complexity index is 1280. The van der Waals surface area contributed by atoms with Crippen molar-refractivity contribution in [2.75, 3.05) is 6.54 Å². The number of hydrogen-bond acceptors (Lipinski definition) is 5. The van der Waals surface area contributed by atoms with E-state index < -0.39 is 4.92 Å². The Morgan fingerprint density at radius 3 is 2.77 bits per heavy atom. The summed E-state index contributed by atoms with van der Waals surface area (Å²) in [4.78, 5) is 30.6. The molecule has 7 nitrogen and oxygen atoms in total. The first kappa shape index (κ1) is 18.1. The molecule has 4 aromatic rings. The third-order valence-corrected chi connectivity index (χ3v) is 5.46. The monoisotopic (exact) mass is 399 g/mol. The molecule has 0 fully saturated rings. The SMILES string of the molecule is O=C(c1cc(-c2ccoc2)nc2ccccc12)N1CCc2ccc([N+](=O)[O-])cc2C1. The van der Waals surface area contributed by atoms with E-state index in [4.69, 9.17) is 4.42 Å². The van der Waals surface area contributed by atoms with Crippen molar-refractivity contribution >= 4 is 22.5 Å². The molecule has 0 N–H and O–H groups in total. The van der Waals surface area contributed by atoms with E-state index >= 15 is 0 Å². The van der Waals surface area contributed by atoms with Gasteiger partial charge in [-0.3, -0.25) is 14.9 Å². The van der Waals surface area contributed by atoms with Gasteiger partial charge in [-0.05, 0) is 35.7 Å². The van der Waals surface area contributed by atoms with E-state index in [1.807, 2.05) is 30.3 Å². The lowest BCUT2D eigenvalue weighted by Gasteiger charge is -2.29. The minimum Gasteiger partial charge on any atom is -0.472 e. The number of fused-ring (bicyclic) bond motifs is 2. The summed E-state index contributed by atoms with van der Waals surface area (Å²) < 4.78 is 5.18. The molecule has 30 heavy (non-hydrogen) atoms. The molecule has 1 aliphatic heterocycles. The molecule has 0 aliphatic carbocycles. The summed E-state index contributed by atoms with van der Waals surface area (Å²) in [6.07, 6.45) is 3.83. The number of aromatic nitrogens is 1. The molecule has 7 heteroatoms. The molecule has 3 heterocycles. The van der Waals surface area contributed by atoms with Crippen LogP contribution in [0.2, 0.25) is 0 Å². The lowest BCUT2D eigenvalue weighted by atomic mass is 9.97. The fourth-order valence-electron chi connectivity index (χ4n) is 3.91. The van der Waals surface area contributed by atoms with Crippen molar-refractivity contribution in [2.45, 2.75) is 13.0 Å². The molecule has 0 spiro atoms. The molecule has 1 aliphatic rings. The minimum absolute atomic E-state index is 0.0413. The van der Waals surface area contributed by atoms with Gasteiger partial charge in [0.25, 0.3) is 11.6 Å². The van der Waals surface area contributed by atoms with Crippen molar-refractivity contribution in [2.24, 2.45) is 0 Å². The number of rotatable bonds is 3. The second-order valence-electron chi connectivity index (χ2n) is 7.27. The highest BCUT2D eigenvalue weighted by Gasteiger charge is 2.25. The number of furan rings is 1. The van der Waals surface area contributed by atoms with Crippen LogP contribution in [-0.2, 0) is 13.0 Å². The van der Waals surface area contributed by atoms with Gasteiger partial charge in [0.05, 0.1) is 34.2 Å². The molecular formula is C23H17N3O4. The molecule has 148 valence electrons. The van der Waals surface area contributed by atoms with Crippen LogP contribution >= 0.6 is 0 Å². The average Bonchev–Trinajstić information content (AvgIpc) is 3.32. The number of nitro benzene ring substituents is 1. The van der Waals surface area contributed by atoms with E-state index in [1.54, 1.807) is 35.6 Å². The number of nitrogens with zero attached hydrogens (tertiary/aromatic N) is 3. The molecule has 0 unspecified atom stereocenters. The maximum Gasteiger partial charge on any atom is 0.269 e. The van der Waals surface area contributed by atoms with Gasteiger partial charge in [-0.25, -0.2) is 4.98 Å². The number of non-ortho nitro benzene ring substituents is 1. The first-order chi connectivity index (χ1) is 14.6. The quantitative estimate of drug-likeness (QED) is 0.371. The summed E-state index contributed by atoms with van der Waals surface area (Å²) in [6, 6.07) is 16.0. The molecule has 1 amide bonds. The minimum atomic E-state index is -0.408. The number of nitro groups is 1. The van der Waals surface area contributed by atoms with E-state index in [-0.39, 0.29) is 11.6 Å². The van der Waals surface area contributed by atoms with Gasteiger partial charge in [-0.15, -0.1) is 0 Å². The van der Waals surface area contributed by atoms with Gasteiger partial charge in [-0.2, -0.15) is 0 Å². The Morgan fingerprint density at radius 2 is 1.97 bits per heavy atom. The van der Waals surface area contributed by atoms with Gasteiger partial charge in [0.1, 0.15) is 0 Å². The highest BCUT2D eigenvalue weighted by atomic mass is 16.6. The summed E-state index contributed by atoms with van der Waals surface area (Å²) in [7, 11) is 0. The average molecular weight is 399 g/mol. The molecule has 0 radical (unpaired) electrons. The highest BCUT2D eigenvalue weighted by molar-refractivity contribution is 6.07. The predicted octanol–water partition coefficient (Wildman–Crippen LogP) is 4.60. The summed E-state index contributed by atoms with van der Waals surface area (Å²) >= 11 is 0. The van der Waals surface area contributed by atoms with E-state index in [2.05, 4.69) is 4.98 Å². The zero-order chi connectivity index (χ0) is 20.7. The Kier molecular flexibility index (Phi) is 4.28. The number of amides is 1. The molecule has 0 atom stereocenters. The topological polar surface area (TPSA) is 89.5 Å². The number of carbonyl (C=O) groups excluding carboxylic acids is 1. The third-order valence-electron chi connectivity index (χ3n) is 5.46. The van der Waals surface area contributed by atoms with Crippen molar-refractivity contribution in [3.8, 4) is 11.3 Å². The standard InChI is InChI=1S/C23H17N3O4/c27-23(25-9-7-15-5-6-18(26(28)29)11-17(15)13-25)20-12-22(16-8-10-30-14-16)24-21-4-2-1-3-19(20)21/h1-6,8,10-12,14H,7,9,13H2. The van der Waals surface area contributed by atoms with Crippen LogP contribution in [0.25, 0.3) is 22.2 Å². The highest BCUT2D eigenvalue weighted by Crippen LogP contribution is 2.29. The fraction of sp³-hybridized carbons (Fsp3) is 0.130. The van der Waals surface area contributed by atoms with Gasteiger partial charge < -0.3 is 9.32 Å². The number of benzene rings is 2. The van der Waals surface area contributed by atoms with Crippen LogP contribution in [-0.4, -0.2) is 27.3 Å². The number of hydrogen-bond donors (Lipinski definition) is 0. The van der Waals surface area contributed by atoms with Crippen molar-refractivity contribution < 1.29 is 14.1 Å². The molecule has 2 aromatic heterocycles. The molecule has 0 saturated heterocycles. The maximum absolute atomic E-state index is 13.5. The van der Waals surface area contributed by atoms with Crippen LogP contribution in [0.1, 0.15) is 21.5 Å². The zero-order valence-corrected chi connectivity index (χ0v) is 15.9. The molecule has 0 saturated carbocycles. The smallest absolute Gasteiger partial charge is 0.269 e. The normalized spacial score (nSPS) is 13.3. The van der Waals surface area contributed by atoms with E-state index in [1.165, 1.54) is 6.07 Å². The Hall–Kier alpha value is -4.00. The molecular weight excluding hydrogens is 382 g/mol. The number of para-hydroxylation sites is 1. The van der Waals surface area contributed by atoms with Crippen molar-refractivity contribution in [1.29, 1.82) is 0 Å². The van der Waals surface area contributed by atoms with Gasteiger partial charge in [-0.1, -0.05) is 24.3 Å². The van der Waals surface area contributed by atoms with E-state index in [0.29, 0.717) is 30.8 Å². The Morgan fingerprint density at radius 1 is 1.10 bits per heavy atom. The summed E-state index contributed by atoms with van der Waals surface area (Å²) in [5, 5.41) is 11.9. The van der Waals surface area contributed by atoms with Crippen LogP contribution < -0.4 is 0 Å². The van der Waals surface area contributed by atoms with Gasteiger partial charge in [0, 0.05) is 36.2 Å². The third kappa shape index (κ3) is 3.10. The van der Waals surface area contributed by atoms with Crippen molar-refractivity contribution in [3.63, 3.8) is 0 Å². The predicted molar refractivity (Wildman–Crippen MR) is 111 cm³/mol. The van der Waals surface area contributed by atoms with Crippen LogP contribution in [0.4, 0.5) is 5.69 Å². The Labute approximate surface area is 171 Å². The molecule has 2 aromatic carbocycles. The van der Waals surface area contributed by atoms with Gasteiger partial charge in [0.2, 0.25) is 0 Å². The van der Waals surface area contributed by atoms with E-state index in [0.717, 1.165) is 27.6 Å². The molecule has 5 rings (SSSR count). The number of pyridine rings is 1. The summed E-state index contributed by atoms with van der Waals surface area (Å²) in [5.74, 6) is -0.115. The second-order valence-corrected chi connectivity index (χ2v) is 7.27. The van der Waals surface area contributed by atoms with Crippen LogP contribution in [0, 0.1) is 10.1 Å². The van der Waals surface area contributed by atoms with Crippen LogP contribution in [0.5, 0.6) is 0 Å². The fourth-order valence-corrected chi connectivity index (χ4v) is 3.91. The largest absolute Gasteiger partial charge is 0.472 e.